The number of rotatable bonds is 4. The minimum absolute atomic E-state index is 0. The van der Waals surface area contributed by atoms with E-state index >= 15 is 0 Å². The monoisotopic (exact) mass is 427 g/mol. The van der Waals surface area contributed by atoms with E-state index in [4.69, 9.17) is 5.73 Å². The third kappa shape index (κ3) is 4.81. The van der Waals surface area contributed by atoms with E-state index < -0.39 is 15.8 Å². The van der Waals surface area contributed by atoms with E-state index in [1.165, 1.54) is 19.1 Å². The third-order valence-electron chi connectivity index (χ3n) is 4.57. The minimum Gasteiger partial charge on any atom is -0.337 e. The number of amides is 1. The lowest BCUT2D eigenvalue weighted by Crippen LogP contribution is -2.45. The van der Waals surface area contributed by atoms with Gasteiger partial charge in [0.05, 0.1) is 16.1 Å². The Hall–Kier alpha value is -2.16. The molecule has 3 N–H and O–H groups in total. The van der Waals surface area contributed by atoms with Crippen LogP contribution >= 0.6 is 12.4 Å². The second-order valence-corrected chi connectivity index (χ2v) is 8.37. The Labute approximate surface area is 170 Å². The number of carbonyl (C=O) groups excluding carboxylic acids is 1. The zero-order valence-electron chi connectivity index (χ0n) is 15.4. The Morgan fingerprint density at radius 3 is 2.64 bits per heavy atom. The third-order valence-corrected chi connectivity index (χ3v) is 6.10. The average Bonchev–Trinajstić information content (AvgIpc) is 2.61. The van der Waals surface area contributed by atoms with Crippen molar-refractivity contribution in [2.75, 3.05) is 17.8 Å². The van der Waals surface area contributed by atoms with Crippen LogP contribution in [0.3, 0.4) is 0 Å². The number of aryl methyl sites for hydroxylation is 1. The molecule has 152 valence electrons. The number of anilines is 1. The summed E-state index contributed by atoms with van der Waals surface area (Å²) in [5.74, 6) is -0.775. The van der Waals surface area contributed by atoms with E-state index in [9.17, 15) is 17.6 Å². The van der Waals surface area contributed by atoms with Gasteiger partial charge in [-0.1, -0.05) is 12.1 Å². The fourth-order valence-corrected chi connectivity index (χ4v) is 4.54. The number of nitrogens with two attached hydrogens (primary N) is 1. The largest absolute Gasteiger partial charge is 0.337 e. The topological polar surface area (TPSA) is 92.5 Å². The number of hydrogen-bond donors (Lipinski definition) is 2. The standard InChI is InChI=1S/C19H22FN3O3S.ClH/c1-13-11-14(20)8-9-18(13)27(25,26)22-17-7-3-2-6-16(17)19(24)23-10-4-5-15(21)12-23;/h2-3,6-9,11,15,22H,4-5,10,12,21H2,1H3;1H. The van der Waals surface area contributed by atoms with Crippen LogP contribution in [0.4, 0.5) is 10.1 Å². The lowest BCUT2D eigenvalue weighted by Gasteiger charge is -2.31. The molecule has 0 aliphatic carbocycles. The van der Waals surface area contributed by atoms with Crippen molar-refractivity contribution in [1.29, 1.82) is 0 Å². The van der Waals surface area contributed by atoms with Gasteiger partial charge in [0.2, 0.25) is 0 Å². The maximum atomic E-state index is 13.3. The van der Waals surface area contributed by atoms with Gasteiger partial charge in [-0.05, 0) is 55.7 Å². The molecule has 9 heteroatoms. The van der Waals surface area contributed by atoms with Crippen molar-refractivity contribution < 1.29 is 17.6 Å². The Bertz CT molecular complexity index is 969. The van der Waals surface area contributed by atoms with E-state index in [2.05, 4.69) is 4.72 Å². The molecule has 0 saturated carbocycles. The Kier molecular flexibility index (Phi) is 7.03. The summed E-state index contributed by atoms with van der Waals surface area (Å²) in [6.07, 6.45) is 1.68. The SMILES string of the molecule is Cc1cc(F)ccc1S(=O)(=O)Nc1ccccc1C(=O)N1CCCC(N)C1.Cl. The van der Waals surface area contributed by atoms with Gasteiger partial charge >= 0.3 is 0 Å². The van der Waals surface area contributed by atoms with E-state index in [1.807, 2.05) is 0 Å². The molecule has 1 fully saturated rings. The van der Waals surface area contributed by atoms with Crippen molar-refractivity contribution in [2.45, 2.75) is 30.7 Å². The highest BCUT2D eigenvalue weighted by Crippen LogP contribution is 2.24. The highest BCUT2D eigenvalue weighted by Gasteiger charge is 2.26. The second kappa shape index (κ2) is 8.89. The Morgan fingerprint density at radius 1 is 1.25 bits per heavy atom. The molecule has 1 saturated heterocycles. The van der Waals surface area contributed by atoms with Crippen LogP contribution in [-0.4, -0.2) is 38.4 Å². The van der Waals surface area contributed by atoms with Crippen LogP contribution in [0.2, 0.25) is 0 Å². The van der Waals surface area contributed by atoms with Gasteiger partial charge in [0.1, 0.15) is 5.82 Å². The molecule has 1 aliphatic heterocycles. The Morgan fingerprint density at radius 2 is 1.96 bits per heavy atom. The quantitative estimate of drug-likeness (QED) is 0.784. The van der Waals surface area contributed by atoms with Crippen LogP contribution in [0.1, 0.15) is 28.8 Å². The molecule has 28 heavy (non-hydrogen) atoms. The van der Waals surface area contributed by atoms with Crippen molar-refractivity contribution >= 4 is 34.0 Å². The molecular weight excluding hydrogens is 405 g/mol. The maximum Gasteiger partial charge on any atom is 0.262 e. The zero-order chi connectivity index (χ0) is 19.6. The zero-order valence-corrected chi connectivity index (χ0v) is 17.0. The van der Waals surface area contributed by atoms with Crippen LogP contribution in [-0.2, 0) is 10.0 Å². The number of nitrogens with zero attached hydrogens (tertiary/aromatic N) is 1. The first-order chi connectivity index (χ1) is 12.8. The van der Waals surface area contributed by atoms with E-state index in [0.717, 1.165) is 25.0 Å². The molecule has 1 heterocycles. The molecule has 3 rings (SSSR count). The highest BCUT2D eigenvalue weighted by molar-refractivity contribution is 7.92. The van der Waals surface area contributed by atoms with Crippen LogP contribution in [0.15, 0.2) is 47.4 Å². The van der Waals surface area contributed by atoms with Gasteiger partial charge in [0.25, 0.3) is 15.9 Å². The molecule has 0 radical (unpaired) electrons. The molecular formula is C19H23ClFN3O3S. The number of nitrogens with one attached hydrogen (secondary N) is 1. The molecule has 6 nitrogen and oxygen atoms in total. The molecule has 0 bridgehead atoms. The summed E-state index contributed by atoms with van der Waals surface area (Å²) in [5.41, 5.74) is 6.68. The van der Waals surface area contributed by atoms with Crippen LogP contribution in [0.25, 0.3) is 0 Å². The van der Waals surface area contributed by atoms with Crippen LogP contribution in [0.5, 0.6) is 0 Å². The first-order valence-corrected chi connectivity index (χ1v) is 10.2. The number of benzene rings is 2. The predicted molar refractivity (Wildman–Crippen MR) is 109 cm³/mol. The first-order valence-electron chi connectivity index (χ1n) is 8.71. The number of likely N-dealkylation sites (tertiary alicyclic amines) is 1. The lowest BCUT2D eigenvalue weighted by molar-refractivity contribution is 0.0710. The smallest absolute Gasteiger partial charge is 0.262 e. The van der Waals surface area contributed by atoms with E-state index in [-0.39, 0.29) is 46.1 Å². The van der Waals surface area contributed by atoms with Gasteiger partial charge in [-0.15, -0.1) is 12.4 Å². The molecule has 2 aromatic carbocycles. The number of piperidine rings is 1. The molecule has 1 aliphatic rings. The van der Waals surface area contributed by atoms with Crippen LogP contribution < -0.4 is 10.5 Å². The van der Waals surface area contributed by atoms with Crippen molar-refractivity contribution in [1.82, 2.24) is 4.90 Å². The number of hydrogen-bond acceptors (Lipinski definition) is 4. The van der Waals surface area contributed by atoms with Gasteiger partial charge in [-0.3, -0.25) is 9.52 Å². The maximum absolute atomic E-state index is 13.3. The fraction of sp³-hybridized carbons (Fsp3) is 0.316. The van der Waals surface area contributed by atoms with Gasteiger partial charge in [0, 0.05) is 19.1 Å². The molecule has 0 spiro atoms. The second-order valence-electron chi connectivity index (χ2n) is 6.71. The summed E-state index contributed by atoms with van der Waals surface area (Å²) in [6, 6.07) is 9.82. The van der Waals surface area contributed by atoms with Crippen molar-refractivity contribution in [3.8, 4) is 0 Å². The number of halogens is 2. The summed E-state index contributed by atoms with van der Waals surface area (Å²) in [4.78, 5) is 14.5. The van der Waals surface area contributed by atoms with Crippen LogP contribution in [0, 0.1) is 12.7 Å². The first kappa shape index (κ1) is 22.1. The van der Waals surface area contributed by atoms with Crippen molar-refractivity contribution in [3.05, 3.63) is 59.4 Å². The molecule has 2 aromatic rings. The van der Waals surface area contributed by atoms with Gasteiger partial charge < -0.3 is 10.6 Å². The lowest BCUT2D eigenvalue weighted by atomic mass is 10.0. The predicted octanol–water partition coefficient (Wildman–Crippen LogP) is 2.92. The van der Waals surface area contributed by atoms with Gasteiger partial charge in [0.15, 0.2) is 0 Å². The normalized spacial score (nSPS) is 17.0. The fourth-order valence-electron chi connectivity index (χ4n) is 3.24. The van der Waals surface area contributed by atoms with Gasteiger partial charge in [-0.25, -0.2) is 12.8 Å². The highest BCUT2D eigenvalue weighted by atomic mass is 35.5. The van der Waals surface area contributed by atoms with Crippen molar-refractivity contribution in [2.24, 2.45) is 5.73 Å². The number of sulfonamides is 1. The minimum atomic E-state index is -3.97. The van der Waals surface area contributed by atoms with Crippen molar-refractivity contribution in [3.63, 3.8) is 0 Å². The molecule has 1 unspecified atom stereocenters. The Balaban J connectivity index is 0.00000280. The molecule has 0 aromatic heterocycles. The summed E-state index contributed by atoms with van der Waals surface area (Å²) in [5, 5.41) is 0. The molecule has 1 amide bonds. The average molecular weight is 428 g/mol. The summed E-state index contributed by atoms with van der Waals surface area (Å²) in [7, 11) is -3.97. The molecule has 1 atom stereocenters. The number of carbonyl (C=O) groups is 1. The summed E-state index contributed by atoms with van der Waals surface area (Å²) >= 11 is 0. The summed E-state index contributed by atoms with van der Waals surface area (Å²) in [6.45, 7) is 2.55. The van der Waals surface area contributed by atoms with E-state index in [0.29, 0.717) is 13.1 Å². The number of para-hydroxylation sites is 1. The summed E-state index contributed by atoms with van der Waals surface area (Å²) < 4.78 is 41.3. The van der Waals surface area contributed by atoms with Gasteiger partial charge in [-0.2, -0.15) is 0 Å². The van der Waals surface area contributed by atoms with E-state index in [1.54, 1.807) is 23.1 Å².